The minimum Gasteiger partial charge on any atom is -0.350 e. The standard InChI is InChI=1S/C11H19N3O/c1-8(9(2)13-14-11(12)15)10-6-4-3-5-7-10/h3-7H2,1-2H3,(H3,12,14,15)/b13-9+. The summed E-state index contributed by atoms with van der Waals surface area (Å²) in [5.41, 5.74) is 10.7. The molecule has 0 atom stereocenters. The fourth-order valence-electron chi connectivity index (χ4n) is 1.83. The molecule has 1 saturated carbocycles. The van der Waals surface area contributed by atoms with Crippen LogP contribution in [-0.4, -0.2) is 11.7 Å². The van der Waals surface area contributed by atoms with Crippen LogP contribution in [0.3, 0.4) is 0 Å². The second-order valence-electron chi connectivity index (χ2n) is 3.96. The number of rotatable bonds is 2. The lowest BCUT2D eigenvalue weighted by Crippen LogP contribution is -2.25. The number of amides is 2. The third kappa shape index (κ3) is 3.73. The van der Waals surface area contributed by atoms with Gasteiger partial charge >= 0.3 is 6.03 Å². The largest absolute Gasteiger partial charge is 0.350 e. The summed E-state index contributed by atoms with van der Waals surface area (Å²) in [6.45, 7) is 3.95. The fourth-order valence-corrected chi connectivity index (χ4v) is 1.83. The summed E-state index contributed by atoms with van der Waals surface area (Å²) >= 11 is 0. The number of nitrogens with two attached hydrogens (primary N) is 1. The highest BCUT2D eigenvalue weighted by Crippen LogP contribution is 2.25. The molecule has 0 saturated heterocycles. The van der Waals surface area contributed by atoms with Gasteiger partial charge in [-0.15, -0.1) is 0 Å². The summed E-state index contributed by atoms with van der Waals surface area (Å²) in [6, 6.07) is -0.615. The van der Waals surface area contributed by atoms with Crippen LogP contribution in [0, 0.1) is 0 Å². The van der Waals surface area contributed by atoms with Crippen molar-refractivity contribution < 1.29 is 4.79 Å². The Labute approximate surface area is 90.6 Å². The van der Waals surface area contributed by atoms with Crippen molar-refractivity contribution in [2.75, 3.05) is 0 Å². The highest BCUT2D eigenvalue weighted by atomic mass is 16.2. The highest BCUT2D eigenvalue weighted by Gasteiger charge is 2.10. The summed E-state index contributed by atoms with van der Waals surface area (Å²) in [5.74, 6) is 0. The lowest BCUT2D eigenvalue weighted by atomic mass is 9.90. The minimum atomic E-state index is -0.615. The van der Waals surface area contributed by atoms with E-state index in [9.17, 15) is 4.79 Å². The third-order valence-corrected chi connectivity index (χ3v) is 2.86. The highest BCUT2D eigenvalue weighted by molar-refractivity contribution is 5.98. The van der Waals surface area contributed by atoms with Gasteiger partial charge in [-0.3, -0.25) is 0 Å². The summed E-state index contributed by atoms with van der Waals surface area (Å²) in [6.07, 6.45) is 6.18. The van der Waals surface area contributed by atoms with E-state index in [0.717, 1.165) is 18.6 Å². The molecular formula is C11H19N3O. The topological polar surface area (TPSA) is 67.5 Å². The lowest BCUT2D eigenvalue weighted by molar-refractivity contribution is 0.249. The van der Waals surface area contributed by atoms with Crippen LogP contribution in [0.2, 0.25) is 0 Å². The first-order valence-electron chi connectivity index (χ1n) is 5.40. The number of primary amides is 1. The van der Waals surface area contributed by atoms with Crippen molar-refractivity contribution in [1.29, 1.82) is 0 Å². The average molecular weight is 209 g/mol. The first kappa shape index (κ1) is 11.8. The average Bonchev–Trinajstić information content (AvgIpc) is 2.26. The van der Waals surface area contributed by atoms with Crippen LogP contribution in [0.5, 0.6) is 0 Å². The van der Waals surface area contributed by atoms with Gasteiger partial charge in [-0.1, -0.05) is 12.0 Å². The number of carbonyl (C=O) groups excluding carboxylic acids is 1. The van der Waals surface area contributed by atoms with E-state index >= 15 is 0 Å². The lowest BCUT2D eigenvalue weighted by Gasteiger charge is -2.16. The monoisotopic (exact) mass is 209 g/mol. The molecule has 1 aliphatic carbocycles. The smallest absolute Gasteiger partial charge is 0.332 e. The van der Waals surface area contributed by atoms with E-state index in [1.807, 2.05) is 6.92 Å². The number of allylic oxidation sites excluding steroid dienone is 2. The molecule has 15 heavy (non-hydrogen) atoms. The van der Waals surface area contributed by atoms with Gasteiger partial charge in [-0.2, -0.15) is 5.10 Å². The molecule has 0 unspecified atom stereocenters. The molecule has 1 aliphatic rings. The number of carbonyl (C=O) groups is 1. The van der Waals surface area contributed by atoms with Gasteiger partial charge in [0.1, 0.15) is 0 Å². The Morgan fingerprint density at radius 3 is 2.40 bits per heavy atom. The molecule has 0 radical (unpaired) electrons. The molecule has 1 fully saturated rings. The Morgan fingerprint density at radius 1 is 1.27 bits per heavy atom. The molecule has 0 aromatic rings. The predicted molar refractivity (Wildman–Crippen MR) is 61.6 cm³/mol. The SMILES string of the molecule is CC(=C1CCCCC1)/C(C)=N/NC(N)=O. The van der Waals surface area contributed by atoms with Crippen LogP contribution in [0.15, 0.2) is 16.2 Å². The van der Waals surface area contributed by atoms with E-state index in [1.165, 1.54) is 30.4 Å². The number of hydrogen-bond acceptors (Lipinski definition) is 2. The summed E-state index contributed by atoms with van der Waals surface area (Å²) in [4.78, 5) is 10.5. The Kier molecular flexibility index (Phi) is 4.34. The van der Waals surface area contributed by atoms with E-state index in [4.69, 9.17) is 5.73 Å². The van der Waals surface area contributed by atoms with Crippen LogP contribution >= 0.6 is 0 Å². The van der Waals surface area contributed by atoms with Crippen LogP contribution in [-0.2, 0) is 0 Å². The summed E-state index contributed by atoms with van der Waals surface area (Å²) in [5, 5.41) is 3.93. The Hall–Kier alpha value is -1.32. The molecule has 0 aromatic carbocycles. The van der Waals surface area contributed by atoms with E-state index in [2.05, 4.69) is 17.5 Å². The van der Waals surface area contributed by atoms with Gasteiger partial charge in [-0.05, 0) is 45.1 Å². The normalized spacial score (nSPS) is 17.5. The summed E-state index contributed by atoms with van der Waals surface area (Å²) < 4.78 is 0. The first-order chi connectivity index (χ1) is 7.11. The van der Waals surface area contributed by atoms with Gasteiger partial charge in [0.15, 0.2) is 0 Å². The summed E-state index contributed by atoms with van der Waals surface area (Å²) in [7, 11) is 0. The maximum Gasteiger partial charge on any atom is 0.332 e. The Morgan fingerprint density at radius 2 is 1.87 bits per heavy atom. The molecule has 4 nitrogen and oxygen atoms in total. The van der Waals surface area contributed by atoms with Crippen molar-refractivity contribution in [1.82, 2.24) is 5.43 Å². The van der Waals surface area contributed by atoms with E-state index in [1.54, 1.807) is 0 Å². The van der Waals surface area contributed by atoms with Crippen LogP contribution in [0.1, 0.15) is 46.0 Å². The maximum atomic E-state index is 10.5. The molecule has 84 valence electrons. The van der Waals surface area contributed by atoms with Gasteiger partial charge in [0.25, 0.3) is 0 Å². The number of hydrazone groups is 1. The number of nitrogens with one attached hydrogen (secondary N) is 1. The van der Waals surface area contributed by atoms with Gasteiger partial charge in [-0.25, -0.2) is 10.2 Å². The van der Waals surface area contributed by atoms with E-state index in [0.29, 0.717) is 0 Å². The first-order valence-corrected chi connectivity index (χ1v) is 5.40. The number of urea groups is 1. The molecule has 4 heteroatoms. The van der Waals surface area contributed by atoms with Gasteiger partial charge in [0.05, 0.1) is 5.71 Å². The van der Waals surface area contributed by atoms with Gasteiger partial charge in [0.2, 0.25) is 0 Å². The van der Waals surface area contributed by atoms with Crippen molar-refractivity contribution in [2.45, 2.75) is 46.0 Å². The Balaban J connectivity index is 2.68. The minimum absolute atomic E-state index is 0.615. The van der Waals surface area contributed by atoms with Crippen molar-refractivity contribution in [3.63, 3.8) is 0 Å². The molecular weight excluding hydrogens is 190 g/mol. The molecule has 0 bridgehead atoms. The zero-order valence-electron chi connectivity index (χ0n) is 9.47. The van der Waals surface area contributed by atoms with Gasteiger partial charge in [0, 0.05) is 0 Å². The van der Waals surface area contributed by atoms with Gasteiger partial charge < -0.3 is 5.73 Å². The quantitative estimate of drug-likeness (QED) is 0.532. The molecule has 0 aromatic heterocycles. The van der Waals surface area contributed by atoms with Crippen LogP contribution < -0.4 is 11.2 Å². The molecule has 0 spiro atoms. The van der Waals surface area contributed by atoms with Crippen molar-refractivity contribution in [3.05, 3.63) is 11.1 Å². The second-order valence-corrected chi connectivity index (χ2v) is 3.96. The van der Waals surface area contributed by atoms with Crippen LogP contribution in [0.4, 0.5) is 4.79 Å². The number of hydrogen-bond donors (Lipinski definition) is 2. The molecule has 1 rings (SSSR count). The molecule has 0 heterocycles. The van der Waals surface area contributed by atoms with Crippen molar-refractivity contribution in [3.8, 4) is 0 Å². The second kappa shape index (κ2) is 5.53. The van der Waals surface area contributed by atoms with Crippen molar-refractivity contribution in [2.24, 2.45) is 10.8 Å². The predicted octanol–water partition coefficient (Wildman–Crippen LogP) is 2.31. The van der Waals surface area contributed by atoms with E-state index in [-0.39, 0.29) is 0 Å². The molecule has 0 aliphatic heterocycles. The third-order valence-electron chi connectivity index (χ3n) is 2.86. The zero-order valence-corrected chi connectivity index (χ0v) is 9.47. The molecule has 2 amide bonds. The fraction of sp³-hybridized carbons (Fsp3) is 0.636. The Bertz CT molecular complexity index is 297. The van der Waals surface area contributed by atoms with E-state index < -0.39 is 6.03 Å². The van der Waals surface area contributed by atoms with Crippen molar-refractivity contribution >= 4 is 11.7 Å². The zero-order chi connectivity index (χ0) is 11.3. The number of nitrogens with zero attached hydrogens (tertiary/aromatic N) is 1. The van der Waals surface area contributed by atoms with Crippen LogP contribution in [0.25, 0.3) is 0 Å². The molecule has 3 N–H and O–H groups in total. The maximum absolute atomic E-state index is 10.5.